The normalized spacial score (nSPS) is 9.38. The maximum absolute atomic E-state index is 9.07. The van der Waals surface area contributed by atoms with E-state index < -0.39 is 6.29 Å². The number of hydrogen-bond donors (Lipinski definition) is 1. The van der Waals surface area contributed by atoms with E-state index in [0.717, 1.165) is 4.47 Å². The molecule has 0 fully saturated rings. The molecule has 0 bridgehead atoms. The lowest BCUT2D eigenvalue weighted by Gasteiger charge is -2.18. The molecule has 0 unspecified atom stereocenters. The van der Waals surface area contributed by atoms with Crippen molar-refractivity contribution in [3.8, 4) is 18.2 Å². The number of anilines is 1. The number of ether oxygens (including phenoxy) is 2. The zero-order valence-electron chi connectivity index (χ0n) is 11.3. The number of nitrogens with one attached hydrogen (secondary N) is 1. The minimum Gasteiger partial charge on any atom is -0.352 e. The van der Waals surface area contributed by atoms with E-state index in [0.29, 0.717) is 11.3 Å². The van der Waals surface area contributed by atoms with E-state index in [1.807, 2.05) is 0 Å². The maximum atomic E-state index is 9.07. The fourth-order valence-corrected chi connectivity index (χ4v) is 1.99. The van der Waals surface area contributed by atoms with Crippen molar-refractivity contribution in [3.63, 3.8) is 0 Å². The third-order valence-electron chi connectivity index (χ3n) is 2.54. The molecule has 0 aliphatic carbocycles. The molecule has 0 radical (unpaired) electrons. The van der Waals surface area contributed by atoms with Crippen molar-refractivity contribution >= 4 is 21.6 Å². The van der Waals surface area contributed by atoms with E-state index in [4.69, 9.17) is 25.3 Å². The minimum atomic E-state index is -0.655. The van der Waals surface area contributed by atoms with Gasteiger partial charge in [-0.05, 0) is 18.2 Å². The van der Waals surface area contributed by atoms with Crippen molar-refractivity contribution in [2.45, 2.75) is 6.29 Å². The second kappa shape index (κ2) is 8.04. The predicted molar refractivity (Wildman–Crippen MR) is 78.4 cm³/mol. The number of rotatable bonds is 5. The monoisotopic (exact) mass is 346 g/mol. The van der Waals surface area contributed by atoms with Gasteiger partial charge in [0.25, 0.3) is 0 Å². The summed E-state index contributed by atoms with van der Waals surface area (Å²) in [4.78, 5) is 0. The first kappa shape index (κ1) is 16.7. The molecule has 0 saturated carbocycles. The van der Waals surface area contributed by atoms with Crippen molar-refractivity contribution < 1.29 is 9.47 Å². The molecule has 0 heterocycles. The van der Waals surface area contributed by atoms with Gasteiger partial charge in [0.15, 0.2) is 11.9 Å². The van der Waals surface area contributed by atoms with Crippen molar-refractivity contribution in [3.05, 3.63) is 39.5 Å². The summed E-state index contributed by atoms with van der Waals surface area (Å²) in [6.07, 6.45) is -0.655. The zero-order chi connectivity index (χ0) is 15.8. The van der Waals surface area contributed by atoms with Gasteiger partial charge in [0.2, 0.25) is 0 Å². The van der Waals surface area contributed by atoms with Crippen LogP contribution in [0.1, 0.15) is 11.9 Å². The van der Waals surface area contributed by atoms with Crippen LogP contribution in [0, 0.1) is 34.0 Å². The highest BCUT2D eigenvalue weighted by molar-refractivity contribution is 9.10. The highest BCUT2D eigenvalue weighted by atomic mass is 79.9. The molecule has 21 heavy (non-hydrogen) atoms. The zero-order valence-corrected chi connectivity index (χ0v) is 12.9. The van der Waals surface area contributed by atoms with Gasteiger partial charge >= 0.3 is 0 Å². The van der Waals surface area contributed by atoms with Crippen molar-refractivity contribution in [1.82, 2.24) is 0 Å². The number of nitriles is 3. The van der Waals surface area contributed by atoms with Gasteiger partial charge in [-0.2, -0.15) is 15.8 Å². The Morgan fingerprint density at radius 1 is 1.14 bits per heavy atom. The van der Waals surface area contributed by atoms with E-state index >= 15 is 0 Å². The predicted octanol–water partition coefficient (Wildman–Crippen LogP) is 2.98. The summed E-state index contributed by atoms with van der Waals surface area (Å²) in [7, 11) is 2.96. The lowest BCUT2D eigenvalue weighted by Crippen LogP contribution is -2.09. The average molecular weight is 347 g/mol. The Morgan fingerprint density at radius 3 is 2.24 bits per heavy atom. The second-order valence-electron chi connectivity index (χ2n) is 3.75. The van der Waals surface area contributed by atoms with Gasteiger partial charge in [-0.3, -0.25) is 0 Å². The van der Waals surface area contributed by atoms with Gasteiger partial charge < -0.3 is 14.8 Å². The van der Waals surface area contributed by atoms with Gasteiger partial charge in [-0.1, -0.05) is 15.9 Å². The van der Waals surface area contributed by atoms with Gasteiger partial charge in [0.1, 0.15) is 23.9 Å². The van der Waals surface area contributed by atoms with Crippen molar-refractivity contribution in [2.24, 2.45) is 0 Å². The molecule has 106 valence electrons. The van der Waals surface area contributed by atoms with Crippen LogP contribution in [0.5, 0.6) is 0 Å². The molecular formula is C14H11BrN4O2. The van der Waals surface area contributed by atoms with E-state index in [-0.39, 0.29) is 11.3 Å². The Labute approximate surface area is 130 Å². The Balaban J connectivity index is 3.33. The Morgan fingerprint density at radius 2 is 1.76 bits per heavy atom. The van der Waals surface area contributed by atoms with Gasteiger partial charge in [0.05, 0.1) is 0 Å². The quantitative estimate of drug-likeness (QED) is 0.649. The topological polar surface area (TPSA) is 102 Å². The Kier molecular flexibility index (Phi) is 6.39. The highest BCUT2D eigenvalue weighted by Gasteiger charge is 2.16. The molecule has 0 spiro atoms. The molecule has 0 aliphatic heterocycles. The maximum Gasteiger partial charge on any atom is 0.185 e. The summed E-state index contributed by atoms with van der Waals surface area (Å²) in [5, 5.41) is 29.5. The fourth-order valence-electron chi connectivity index (χ4n) is 1.61. The SMILES string of the molecule is COC(OC)c1cc(Br)ccc1NC(C#N)=C(C#N)C#N. The molecule has 1 N–H and O–H groups in total. The summed E-state index contributed by atoms with van der Waals surface area (Å²) < 4.78 is 11.2. The number of methoxy groups -OCH3 is 2. The number of nitrogens with zero attached hydrogens (tertiary/aromatic N) is 3. The largest absolute Gasteiger partial charge is 0.352 e. The third-order valence-corrected chi connectivity index (χ3v) is 3.03. The van der Waals surface area contributed by atoms with E-state index in [1.54, 1.807) is 36.4 Å². The molecular weight excluding hydrogens is 336 g/mol. The van der Waals surface area contributed by atoms with Crippen LogP contribution in [0.3, 0.4) is 0 Å². The number of allylic oxidation sites excluding steroid dienone is 2. The summed E-state index contributed by atoms with van der Waals surface area (Å²) in [6.45, 7) is 0. The minimum absolute atomic E-state index is 0.130. The average Bonchev–Trinajstić information content (AvgIpc) is 2.50. The molecule has 0 aromatic heterocycles. The first-order valence-corrected chi connectivity index (χ1v) is 6.47. The van der Waals surface area contributed by atoms with Crippen LogP contribution >= 0.6 is 15.9 Å². The van der Waals surface area contributed by atoms with Gasteiger partial charge in [-0.15, -0.1) is 0 Å². The molecule has 6 nitrogen and oxygen atoms in total. The summed E-state index contributed by atoms with van der Waals surface area (Å²) in [6, 6.07) is 10.3. The van der Waals surface area contributed by atoms with Crippen LogP contribution in [0.2, 0.25) is 0 Å². The van der Waals surface area contributed by atoms with Crippen LogP contribution in [0.4, 0.5) is 5.69 Å². The molecule has 1 aromatic carbocycles. The number of benzene rings is 1. The van der Waals surface area contributed by atoms with Crippen molar-refractivity contribution in [1.29, 1.82) is 15.8 Å². The Hall–Kier alpha value is -2.37. The standard InChI is InChI=1S/C14H11BrN4O2/c1-20-14(21-2)11-5-10(15)3-4-12(11)19-13(8-18)9(6-16)7-17/h3-5,14,19H,1-2H3. The summed E-state index contributed by atoms with van der Waals surface area (Å²) in [5.41, 5.74) is 0.705. The molecule has 0 amide bonds. The molecule has 0 atom stereocenters. The molecule has 1 rings (SSSR count). The molecule has 0 saturated heterocycles. The van der Waals surface area contributed by atoms with Crippen LogP contribution in [-0.2, 0) is 9.47 Å². The molecule has 7 heteroatoms. The van der Waals surface area contributed by atoms with Crippen molar-refractivity contribution in [2.75, 3.05) is 19.5 Å². The van der Waals surface area contributed by atoms with E-state index in [9.17, 15) is 0 Å². The van der Waals surface area contributed by atoms with Crippen LogP contribution in [0.15, 0.2) is 33.9 Å². The third kappa shape index (κ3) is 4.05. The first-order chi connectivity index (χ1) is 10.1. The van der Waals surface area contributed by atoms with E-state index in [1.165, 1.54) is 14.2 Å². The van der Waals surface area contributed by atoms with Crippen LogP contribution in [0.25, 0.3) is 0 Å². The smallest absolute Gasteiger partial charge is 0.185 e. The lowest BCUT2D eigenvalue weighted by atomic mass is 10.1. The summed E-state index contributed by atoms with van der Waals surface area (Å²) in [5.74, 6) is 0. The van der Waals surface area contributed by atoms with Crippen LogP contribution < -0.4 is 5.32 Å². The first-order valence-electron chi connectivity index (χ1n) is 5.67. The lowest BCUT2D eigenvalue weighted by molar-refractivity contribution is -0.105. The van der Waals surface area contributed by atoms with Gasteiger partial charge in [-0.25, -0.2) is 0 Å². The fraction of sp³-hybridized carbons (Fsp3) is 0.214. The van der Waals surface area contributed by atoms with E-state index in [2.05, 4.69) is 21.2 Å². The number of halogens is 1. The summed E-state index contributed by atoms with van der Waals surface area (Å²) >= 11 is 3.34. The molecule has 0 aliphatic rings. The van der Waals surface area contributed by atoms with Crippen LogP contribution in [-0.4, -0.2) is 14.2 Å². The van der Waals surface area contributed by atoms with Gasteiger partial charge in [0, 0.05) is 29.9 Å². The second-order valence-corrected chi connectivity index (χ2v) is 4.66. The highest BCUT2D eigenvalue weighted by Crippen LogP contribution is 2.30. The molecule has 1 aromatic rings. The Bertz CT molecular complexity index is 660. The number of hydrogen-bond acceptors (Lipinski definition) is 6.